The van der Waals surface area contributed by atoms with Crippen molar-refractivity contribution in [1.82, 2.24) is 5.32 Å². The lowest BCUT2D eigenvalue weighted by Crippen LogP contribution is -2.27. The first-order chi connectivity index (χ1) is 9.06. The van der Waals surface area contributed by atoms with Gasteiger partial charge in [-0.05, 0) is 44.0 Å². The van der Waals surface area contributed by atoms with Gasteiger partial charge in [0, 0.05) is 22.3 Å². The number of nitrogens with one attached hydrogen (secondary N) is 1. The average Bonchev–Trinajstić information content (AvgIpc) is 2.76. The predicted octanol–water partition coefficient (Wildman–Crippen LogP) is 4.57. The summed E-state index contributed by atoms with van der Waals surface area (Å²) in [7, 11) is 0. The minimum Gasteiger partial charge on any atom is -0.310 e. The Balaban J connectivity index is 1.89. The molecule has 0 radical (unpaired) electrons. The molecule has 1 aromatic heterocycles. The second-order valence-electron chi connectivity index (χ2n) is 4.71. The van der Waals surface area contributed by atoms with Gasteiger partial charge in [0.15, 0.2) is 0 Å². The standard InChI is InChI=1S/C15H17ClFNS/c1-10(8-13-7-6-11(2)19-13)18-9-12-4-3-5-14(17)15(12)16/h3-7,10,18H,8-9H2,1-2H3. The van der Waals surface area contributed by atoms with Gasteiger partial charge >= 0.3 is 0 Å². The largest absolute Gasteiger partial charge is 0.310 e. The molecule has 4 heteroatoms. The Kier molecular flexibility index (Phi) is 4.97. The summed E-state index contributed by atoms with van der Waals surface area (Å²) in [4.78, 5) is 2.69. The molecular weight excluding hydrogens is 281 g/mol. The maximum atomic E-state index is 13.3. The van der Waals surface area contributed by atoms with Crippen LogP contribution in [0.1, 0.15) is 22.2 Å². The van der Waals surface area contributed by atoms with E-state index in [0.29, 0.717) is 12.6 Å². The molecule has 102 valence electrons. The highest BCUT2D eigenvalue weighted by Gasteiger charge is 2.08. The fourth-order valence-corrected chi connectivity index (χ4v) is 3.15. The van der Waals surface area contributed by atoms with Crippen LogP contribution in [0.3, 0.4) is 0 Å². The predicted molar refractivity (Wildman–Crippen MR) is 80.5 cm³/mol. The van der Waals surface area contributed by atoms with Crippen molar-refractivity contribution < 1.29 is 4.39 Å². The fourth-order valence-electron chi connectivity index (χ4n) is 1.94. The number of thiophene rings is 1. The first-order valence-corrected chi connectivity index (χ1v) is 7.47. The van der Waals surface area contributed by atoms with Gasteiger partial charge in [0.05, 0.1) is 5.02 Å². The van der Waals surface area contributed by atoms with Crippen LogP contribution in [-0.4, -0.2) is 6.04 Å². The first-order valence-electron chi connectivity index (χ1n) is 6.28. The van der Waals surface area contributed by atoms with E-state index in [0.717, 1.165) is 12.0 Å². The van der Waals surface area contributed by atoms with E-state index in [9.17, 15) is 4.39 Å². The van der Waals surface area contributed by atoms with Crippen molar-refractivity contribution in [2.24, 2.45) is 0 Å². The molecule has 0 aliphatic rings. The summed E-state index contributed by atoms with van der Waals surface area (Å²) in [5.74, 6) is -0.359. The van der Waals surface area contributed by atoms with Crippen LogP contribution in [0.15, 0.2) is 30.3 Å². The molecule has 1 heterocycles. The smallest absolute Gasteiger partial charge is 0.142 e. The second-order valence-corrected chi connectivity index (χ2v) is 6.46. The zero-order valence-electron chi connectivity index (χ0n) is 11.0. The molecule has 1 aromatic carbocycles. The topological polar surface area (TPSA) is 12.0 Å². The minimum absolute atomic E-state index is 0.217. The normalized spacial score (nSPS) is 12.6. The van der Waals surface area contributed by atoms with Crippen molar-refractivity contribution in [3.63, 3.8) is 0 Å². The van der Waals surface area contributed by atoms with Crippen molar-refractivity contribution in [2.75, 3.05) is 0 Å². The van der Waals surface area contributed by atoms with E-state index in [1.807, 2.05) is 17.4 Å². The lowest BCUT2D eigenvalue weighted by molar-refractivity contribution is 0.545. The van der Waals surface area contributed by atoms with E-state index in [4.69, 9.17) is 11.6 Å². The van der Waals surface area contributed by atoms with Crippen molar-refractivity contribution in [3.05, 3.63) is 56.5 Å². The van der Waals surface area contributed by atoms with Gasteiger partial charge in [0.25, 0.3) is 0 Å². The molecule has 0 saturated carbocycles. The molecule has 2 rings (SSSR count). The van der Waals surface area contributed by atoms with E-state index in [2.05, 4.69) is 31.3 Å². The molecule has 1 atom stereocenters. The number of benzene rings is 1. The highest BCUT2D eigenvalue weighted by molar-refractivity contribution is 7.11. The van der Waals surface area contributed by atoms with Crippen molar-refractivity contribution in [1.29, 1.82) is 0 Å². The van der Waals surface area contributed by atoms with Crippen molar-refractivity contribution in [3.8, 4) is 0 Å². The summed E-state index contributed by atoms with van der Waals surface area (Å²) in [5.41, 5.74) is 0.802. The molecule has 1 nitrogen and oxygen atoms in total. The van der Waals surface area contributed by atoms with Gasteiger partial charge in [-0.1, -0.05) is 23.7 Å². The van der Waals surface area contributed by atoms with Crippen LogP contribution >= 0.6 is 22.9 Å². The van der Waals surface area contributed by atoms with Crippen LogP contribution in [0.4, 0.5) is 4.39 Å². The first kappa shape index (κ1) is 14.5. The average molecular weight is 298 g/mol. The Morgan fingerprint density at radius 2 is 2.11 bits per heavy atom. The van der Waals surface area contributed by atoms with Crippen LogP contribution in [0.5, 0.6) is 0 Å². The number of halogens is 2. The second kappa shape index (κ2) is 6.51. The van der Waals surface area contributed by atoms with Gasteiger partial charge < -0.3 is 5.32 Å². The minimum atomic E-state index is -0.359. The van der Waals surface area contributed by atoms with Crippen molar-refractivity contribution >= 4 is 22.9 Å². The van der Waals surface area contributed by atoms with Crippen LogP contribution in [0.25, 0.3) is 0 Å². The summed E-state index contributed by atoms with van der Waals surface area (Å²) in [6, 6.07) is 9.54. The van der Waals surface area contributed by atoms with E-state index < -0.39 is 0 Å². The monoisotopic (exact) mass is 297 g/mol. The van der Waals surface area contributed by atoms with E-state index in [1.54, 1.807) is 6.07 Å². The summed E-state index contributed by atoms with van der Waals surface area (Å²) in [5, 5.41) is 3.60. The molecule has 0 amide bonds. The molecular formula is C15H17ClFNS. The highest BCUT2D eigenvalue weighted by Crippen LogP contribution is 2.20. The van der Waals surface area contributed by atoms with Gasteiger partial charge in [0.1, 0.15) is 5.82 Å². The molecule has 2 aromatic rings. The number of rotatable bonds is 5. The highest BCUT2D eigenvalue weighted by atomic mass is 35.5. The Hall–Kier alpha value is -0.900. The Morgan fingerprint density at radius 3 is 2.79 bits per heavy atom. The van der Waals surface area contributed by atoms with Crippen LogP contribution in [-0.2, 0) is 13.0 Å². The Morgan fingerprint density at radius 1 is 1.32 bits per heavy atom. The molecule has 1 N–H and O–H groups in total. The number of hydrogen-bond donors (Lipinski definition) is 1. The molecule has 0 saturated heterocycles. The van der Waals surface area contributed by atoms with E-state index in [-0.39, 0.29) is 10.8 Å². The summed E-state index contributed by atoms with van der Waals surface area (Å²) in [6.45, 7) is 4.82. The maximum Gasteiger partial charge on any atom is 0.142 e. The van der Waals surface area contributed by atoms with Gasteiger partial charge in [-0.3, -0.25) is 0 Å². The van der Waals surface area contributed by atoms with Crippen molar-refractivity contribution in [2.45, 2.75) is 32.9 Å². The molecule has 0 bridgehead atoms. The van der Waals surface area contributed by atoms with Gasteiger partial charge in [-0.15, -0.1) is 11.3 Å². The molecule has 0 spiro atoms. The fraction of sp³-hybridized carbons (Fsp3) is 0.333. The van der Waals surface area contributed by atoms with E-state index >= 15 is 0 Å². The SMILES string of the molecule is Cc1ccc(CC(C)NCc2cccc(F)c2Cl)s1. The molecule has 19 heavy (non-hydrogen) atoms. The van der Waals surface area contributed by atoms with Gasteiger partial charge in [-0.2, -0.15) is 0 Å². The third-order valence-corrected chi connectivity index (χ3v) is 4.42. The Labute approximate surface area is 122 Å². The summed E-state index contributed by atoms with van der Waals surface area (Å²) >= 11 is 7.74. The molecule has 0 aliphatic heterocycles. The lowest BCUT2D eigenvalue weighted by atomic mass is 10.1. The number of hydrogen-bond acceptors (Lipinski definition) is 2. The summed E-state index contributed by atoms with van der Waals surface area (Å²) in [6.07, 6.45) is 0.978. The third kappa shape index (κ3) is 4.03. The van der Waals surface area contributed by atoms with Crippen LogP contribution in [0.2, 0.25) is 5.02 Å². The molecule has 0 aliphatic carbocycles. The zero-order chi connectivity index (χ0) is 13.8. The molecule has 0 fully saturated rings. The zero-order valence-corrected chi connectivity index (χ0v) is 12.6. The molecule has 1 unspecified atom stereocenters. The maximum absolute atomic E-state index is 13.3. The van der Waals surface area contributed by atoms with Crippen LogP contribution < -0.4 is 5.32 Å². The lowest BCUT2D eigenvalue weighted by Gasteiger charge is -2.13. The third-order valence-electron chi connectivity index (χ3n) is 2.98. The quantitative estimate of drug-likeness (QED) is 0.852. The van der Waals surface area contributed by atoms with E-state index in [1.165, 1.54) is 15.8 Å². The van der Waals surface area contributed by atoms with Gasteiger partial charge in [-0.25, -0.2) is 4.39 Å². The number of aryl methyl sites for hydroxylation is 1. The Bertz CT molecular complexity index is 553. The van der Waals surface area contributed by atoms with Gasteiger partial charge in [0.2, 0.25) is 0 Å². The van der Waals surface area contributed by atoms with Crippen LogP contribution in [0, 0.1) is 12.7 Å². The summed E-state index contributed by atoms with van der Waals surface area (Å²) < 4.78 is 13.3.